The lowest BCUT2D eigenvalue weighted by Crippen LogP contribution is -2.49. The summed E-state index contributed by atoms with van der Waals surface area (Å²) < 4.78 is 28.3. The lowest BCUT2D eigenvalue weighted by Gasteiger charge is -2.34. The van der Waals surface area contributed by atoms with Crippen molar-refractivity contribution in [2.45, 2.75) is 4.21 Å². The summed E-state index contributed by atoms with van der Waals surface area (Å²) in [6.07, 6.45) is 1.39. The zero-order valence-corrected chi connectivity index (χ0v) is 14.0. The van der Waals surface area contributed by atoms with Gasteiger partial charge in [-0.1, -0.05) is 6.07 Å². The maximum Gasteiger partial charge on any atom is 0.406 e. The Morgan fingerprint density at radius 1 is 1.30 bits per heavy atom. The molecule has 2 aromatic heterocycles. The first kappa shape index (κ1) is 15.9. The van der Waals surface area contributed by atoms with Crippen LogP contribution in [0.4, 0.5) is 11.6 Å². The lowest BCUT2D eigenvalue weighted by atomic mass is 10.3. The summed E-state index contributed by atoms with van der Waals surface area (Å²) >= 11 is 1.18. The van der Waals surface area contributed by atoms with E-state index < -0.39 is 14.9 Å². The van der Waals surface area contributed by atoms with Crippen LogP contribution in [0, 0.1) is 10.1 Å². The molecule has 9 nitrogen and oxygen atoms in total. The molecular formula is C12H15N5O4S2. The smallest absolute Gasteiger partial charge is 0.358 e. The van der Waals surface area contributed by atoms with Crippen LogP contribution in [-0.4, -0.2) is 53.4 Å². The van der Waals surface area contributed by atoms with Crippen molar-refractivity contribution < 1.29 is 13.3 Å². The number of aromatic nitrogens is 2. The molecule has 0 atom stereocenters. The maximum atomic E-state index is 12.5. The molecule has 1 fully saturated rings. The molecule has 0 bridgehead atoms. The van der Waals surface area contributed by atoms with Crippen molar-refractivity contribution in [1.82, 2.24) is 13.9 Å². The van der Waals surface area contributed by atoms with Crippen molar-refractivity contribution in [3.63, 3.8) is 0 Å². The molecule has 124 valence electrons. The molecule has 3 rings (SSSR count). The summed E-state index contributed by atoms with van der Waals surface area (Å²) in [5, 5.41) is 12.8. The second-order valence-corrected chi connectivity index (χ2v) is 8.20. The second-order valence-electron chi connectivity index (χ2n) is 5.08. The first-order chi connectivity index (χ1) is 10.9. The summed E-state index contributed by atoms with van der Waals surface area (Å²) in [6, 6.07) is 3.28. The summed E-state index contributed by atoms with van der Waals surface area (Å²) in [6.45, 7) is 1.32. The number of nitro groups is 1. The molecular weight excluding hydrogens is 342 g/mol. The van der Waals surface area contributed by atoms with E-state index in [9.17, 15) is 18.5 Å². The molecule has 11 heteroatoms. The fraction of sp³-hybridized carbons (Fsp3) is 0.417. The van der Waals surface area contributed by atoms with E-state index in [-0.39, 0.29) is 18.9 Å². The molecule has 23 heavy (non-hydrogen) atoms. The quantitative estimate of drug-likeness (QED) is 0.595. The summed E-state index contributed by atoms with van der Waals surface area (Å²) in [5.74, 6) is 0.199. The Kier molecular flexibility index (Phi) is 4.08. The van der Waals surface area contributed by atoms with Gasteiger partial charge in [0.05, 0.1) is 0 Å². The molecule has 0 amide bonds. The van der Waals surface area contributed by atoms with E-state index in [1.165, 1.54) is 22.0 Å². The lowest BCUT2D eigenvalue weighted by molar-refractivity contribution is -0.388. The average molecular weight is 357 g/mol. The SMILES string of the molecule is Cn1cnc([N+](=O)[O-])c1N1CCN(S(=O)(=O)c2cccs2)CC1. The molecule has 0 N–H and O–H groups in total. The predicted octanol–water partition coefficient (Wildman–Crippen LogP) is 0.901. The minimum absolute atomic E-state index is 0.206. The van der Waals surface area contributed by atoms with Gasteiger partial charge in [0.15, 0.2) is 0 Å². The number of nitrogens with zero attached hydrogens (tertiary/aromatic N) is 5. The zero-order valence-electron chi connectivity index (χ0n) is 12.3. The fourth-order valence-corrected chi connectivity index (χ4v) is 5.15. The van der Waals surface area contributed by atoms with Crippen LogP contribution < -0.4 is 4.90 Å². The Morgan fingerprint density at radius 2 is 2.00 bits per heavy atom. The Hall–Kier alpha value is -1.98. The number of piperazine rings is 1. The van der Waals surface area contributed by atoms with Gasteiger partial charge >= 0.3 is 5.82 Å². The van der Waals surface area contributed by atoms with E-state index in [0.717, 1.165) is 0 Å². The number of rotatable bonds is 4. The number of thiophene rings is 1. The van der Waals surface area contributed by atoms with E-state index in [1.54, 1.807) is 34.0 Å². The Balaban J connectivity index is 1.77. The molecule has 1 aliphatic rings. The van der Waals surface area contributed by atoms with Crippen LogP contribution in [0.15, 0.2) is 28.0 Å². The van der Waals surface area contributed by atoms with Crippen LogP contribution in [0.5, 0.6) is 0 Å². The van der Waals surface area contributed by atoms with Crippen molar-refractivity contribution in [3.8, 4) is 0 Å². The number of hydrogen-bond donors (Lipinski definition) is 0. The Morgan fingerprint density at radius 3 is 2.57 bits per heavy atom. The monoisotopic (exact) mass is 357 g/mol. The van der Waals surface area contributed by atoms with Crippen LogP contribution in [0.3, 0.4) is 0 Å². The van der Waals surface area contributed by atoms with Gasteiger partial charge in [-0.15, -0.1) is 11.3 Å². The first-order valence-electron chi connectivity index (χ1n) is 6.85. The van der Waals surface area contributed by atoms with Crippen molar-refractivity contribution in [2.75, 3.05) is 31.1 Å². The number of hydrogen-bond acceptors (Lipinski definition) is 7. The molecule has 1 saturated heterocycles. The molecule has 2 aromatic rings. The Bertz CT molecular complexity index is 807. The topological polar surface area (TPSA) is 102 Å². The number of aryl methyl sites for hydroxylation is 1. The van der Waals surface area contributed by atoms with Gasteiger partial charge < -0.3 is 15.0 Å². The van der Waals surface area contributed by atoms with Crippen LogP contribution in [-0.2, 0) is 17.1 Å². The van der Waals surface area contributed by atoms with Gasteiger partial charge in [-0.2, -0.15) is 4.31 Å². The van der Waals surface area contributed by atoms with Crippen LogP contribution >= 0.6 is 11.3 Å². The molecule has 0 aromatic carbocycles. The average Bonchev–Trinajstić information content (AvgIpc) is 3.17. The van der Waals surface area contributed by atoms with Crippen LogP contribution in [0.2, 0.25) is 0 Å². The standard InChI is InChI=1S/C12H15N5O4S2/c1-14-9-13-11(17(18)19)12(14)15-4-6-16(7-5-15)23(20,21)10-3-2-8-22-10/h2-3,8-9H,4-7H2,1H3. The molecule has 0 spiro atoms. The highest BCUT2D eigenvalue weighted by Crippen LogP contribution is 2.28. The van der Waals surface area contributed by atoms with Gasteiger partial charge in [-0.25, -0.2) is 8.42 Å². The van der Waals surface area contributed by atoms with Gasteiger partial charge in [0.2, 0.25) is 12.1 Å². The van der Waals surface area contributed by atoms with Crippen molar-refractivity contribution >= 4 is 33.0 Å². The van der Waals surface area contributed by atoms with E-state index in [2.05, 4.69) is 4.98 Å². The van der Waals surface area contributed by atoms with Gasteiger partial charge in [0, 0.05) is 33.2 Å². The summed E-state index contributed by atoms with van der Waals surface area (Å²) in [4.78, 5) is 16.1. The zero-order chi connectivity index (χ0) is 16.6. The molecule has 3 heterocycles. The molecule has 0 saturated carbocycles. The molecule has 0 radical (unpaired) electrons. The molecule has 0 unspecified atom stereocenters. The second kappa shape index (κ2) is 5.91. The minimum atomic E-state index is -3.48. The van der Waals surface area contributed by atoms with E-state index in [4.69, 9.17) is 0 Å². The fourth-order valence-electron chi connectivity index (χ4n) is 2.58. The number of sulfonamides is 1. The Labute approximate surface area is 137 Å². The highest BCUT2D eigenvalue weighted by atomic mass is 32.2. The highest BCUT2D eigenvalue weighted by Gasteiger charge is 2.33. The van der Waals surface area contributed by atoms with Gasteiger partial charge in [-0.05, 0) is 21.4 Å². The first-order valence-corrected chi connectivity index (χ1v) is 9.17. The van der Waals surface area contributed by atoms with E-state index >= 15 is 0 Å². The van der Waals surface area contributed by atoms with Crippen LogP contribution in [0.1, 0.15) is 0 Å². The van der Waals surface area contributed by atoms with Gasteiger partial charge in [0.25, 0.3) is 10.0 Å². The normalized spacial score (nSPS) is 16.7. The highest BCUT2D eigenvalue weighted by molar-refractivity contribution is 7.91. The third-order valence-corrected chi connectivity index (χ3v) is 6.96. The van der Waals surface area contributed by atoms with Gasteiger partial charge in [0.1, 0.15) is 4.21 Å². The van der Waals surface area contributed by atoms with Crippen molar-refractivity contribution in [1.29, 1.82) is 0 Å². The number of anilines is 1. The van der Waals surface area contributed by atoms with Gasteiger partial charge in [-0.3, -0.25) is 4.57 Å². The largest absolute Gasteiger partial charge is 0.406 e. The van der Waals surface area contributed by atoms with Crippen molar-refractivity contribution in [3.05, 3.63) is 34.0 Å². The summed E-state index contributed by atoms with van der Waals surface area (Å²) in [5.41, 5.74) is 0. The van der Waals surface area contributed by atoms with Crippen LogP contribution in [0.25, 0.3) is 0 Å². The molecule has 0 aliphatic carbocycles. The predicted molar refractivity (Wildman–Crippen MR) is 85.2 cm³/mol. The van der Waals surface area contributed by atoms with E-state index in [0.29, 0.717) is 23.1 Å². The third kappa shape index (κ3) is 2.82. The van der Waals surface area contributed by atoms with E-state index in [1.807, 2.05) is 0 Å². The minimum Gasteiger partial charge on any atom is -0.358 e. The van der Waals surface area contributed by atoms with Crippen molar-refractivity contribution in [2.24, 2.45) is 7.05 Å². The maximum absolute atomic E-state index is 12.5. The summed E-state index contributed by atoms with van der Waals surface area (Å²) in [7, 11) is -1.79. The third-order valence-electron chi connectivity index (χ3n) is 3.69. The number of imidazole rings is 1. The molecule has 1 aliphatic heterocycles.